The predicted molar refractivity (Wildman–Crippen MR) is 62.8 cm³/mol. The van der Waals surface area contributed by atoms with Gasteiger partial charge in [0.2, 0.25) is 0 Å². The molecule has 0 aliphatic heterocycles. The Morgan fingerprint density at radius 1 is 1.33 bits per heavy atom. The van der Waals surface area contributed by atoms with E-state index >= 15 is 0 Å². The van der Waals surface area contributed by atoms with Gasteiger partial charge in [-0.2, -0.15) is 0 Å². The first kappa shape index (κ1) is 10.7. The Labute approximate surface area is 103 Å². The second-order valence-corrected chi connectivity index (χ2v) is 4.47. The molecular formula is C11H5NO5S. The summed E-state index contributed by atoms with van der Waals surface area (Å²) >= 11 is 0.973. The first-order chi connectivity index (χ1) is 8.63. The van der Waals surface area contributed by atoms with Gasteiger partial charge in [0.25, 0.3) is 0 Å². The van der Waals surface area contributed by atoms with E-state index in [1.807, 2.05) is 0 Å². The van der Waals surface area contributed by atoms with Crippen LogP contribution >= 0.6 is 11.3 Å². The highest BCUT2D eigenvalue weighted by molar-refractivity contribution is 7.16. The molecule has 2 aromatic heterocycles. The molecule has 0 saturated carbocycles. The molecule has 3 aromatic rings. The van der Waals surface area contributed by atoms with Gasteiger partial charge in [-0.25, -0.2) is 9.59 Å². The minimum absolute atomic E-state index is 0.162. The van der Waals surface area contributed by atoms with Crippen molar-refractivity contribution < 1.29 is 18.8 Å². The van der Waals surface area contributed by atoms with Crippen molar-refractivity contribution in [3.63, 3.8) is 0 Å². The lowest BCUT2D eigenvalue weighted by atomic mass is 10.1. The zero-order chi connectivity index (χ0) is 12.7. The van der Waals surface area contributed by atoms with Crippen LogP contribution in [0, 0.1) is 0 Å². The van der Waals surface area contributed by atoms with Crippen LogP contribution in [0.15, 0.2) is 38.0 Å². The third-order valence-corrected chi connectivity index (χ3v) is 3.13. The summed E-state index contributed by atoms with van der Waals surface area (Å²) in [5.41, 5.74) is 0.969. The monoisotopic (exact) mass is 263 g/mol. The van der Waals surface area contributed by atoms with Crippen molar-refractivity contribution >= 4 is 27.6 Å². The van der Waals surface area contributed by atoms with Gasteiger partial charge in [0.15, 0.2) is 11.5 Å². The summed E-state index contributed by atoms with van der Waals surface area (Å²) in [6.07, 6.45) is 0. The highest BCUT2D eigenvalue weighted by atomic mass is 32.1. The van der Waals surface area contributed by atoms with Gasteiger partial charge in [-0.15, -0.1) is 0 Å². The van der Waals surface area contributed by atoms with Crippen molar-refractivity contribution in [2.45, 2.75) is 0 Å². The number of carbonyl (C=O) groups is 1. The summed E-state index contributed by atoms with van der Waals surface area (Å²) in [4.78, 5) is 21.4. The lowest BCUT2D eigenvalue weighted by Crippen LogP contribution is -1.94. The molecule has 7 heteroatoms. The molecule has 1 N–H and O–H groups in total. The van der Waals surface area contributed by atoms with Gasteiger partial charge in [0, 0.05) is 11.6 Å². The Bertz CT molecular complexity index is 797. The van der Waals surface area contributed by atoms with Crippen molar-refractivity contribution in [2.75, 3.05) is 0 Å². The van der Waals surface area contributed by atoms with Gasteiger partial charge in [0.05, 0.1) is 4.70 Å². The molecule has 0 aliphatic rings. The van der Waals surface area contributed by atoms with Crippen LogP contribution in [0.1, 0.15) is 10.5 Å². The second kappa shape index (κ2) is 3.81. The minimum Gasteiger partial charge on any atom is -0.476 e. The lowest BCUT2D eigenvalue weighted by Gasteiger charge is -1.93. The molecular weight excluding hydrogens is 258 g/mol. The summed E-state index contributed by atoms with van der Waals surface area (Å²) in [5, 5.41) is 12.2. The average molecular weight is 263 g/mol. The number of nitrogens with zero attached hydrogens (tertiary/aromatic N) is 1. The standard InChI is InChI=1S/C11H5NO5S/c13-10(14)6-4-8(17-12-6)5-1-2-7-9(3-5)18-11(15)16-7/h1-4H,(H,13,14). The maximum absolute atomic E-state index is 11.1. The lowest BCUT2D eigenvalue weighted by molar-refractivity contribution is 0.0686. The van der Waals surface area contributed by atoms with Gasteiger partial charge in [0.1, 0.15) is 5.58 Å². The summed E-state index contributed by atoms with van der Waals surface area (Å²) in [7, 11) is 0. The Hall–Kier alpha value is -2.41. The third-order valence-electron chi connectivity index (χ3n) is 2.34. The molecule has 1 aromatic carbocycles. The zero-order valence-electron chi connectivity index (χ0n) is 8.75. The summed E-state index contributed by atoms with van der Waals surface area (Å²) in [5.74, 6) is -0.825. The van der Waals surface area contributed by atoms with E-state index in [0.29, 0.717) is 21.6 Å². The number of fused-ring (bicyclic) bond motifs is 1. The normalized spacial score (nSPS) is 10.9. The Morgan fingerprint density at radius 3 is 2.89 bits per heavy atom. The summed E-state index contributed by atoms with van der Waals surface area (Å²) < 4.78 is 10.5. The fourth-order valence-electron chi connectivity index (χ4n) is 1.54. The van der Waals surface area contributed by atoms with E-state index in [-0.39, 0.29) is 10.6 Å². The van der Waals surface area contributed by atoms with Gasteiger partial charge < -0.3 is 14.0 Å². The quantitative estimate of drug-likeness (QED) is 0.761. The fraction of sp³-hybridized carbons (Fsp3) is 0. The van der Waals surface area contributed by atoms with E-state index in [0.717, 1.165) is 11.3 Å². The van der Waals surface area contributed by atoms with Gasteiger partial charge in [-0.3, -0.25) is 0 Å². The van der Waals surface area contributed by atoms with E-state index in [2.05, 4.69) is 5.16 Å². The van der Waals surface area contributed by atoms with Crippen molar-refractivity contribution in [3.8, 4) is 11.3 Å². The Kier molecular flexibility index (Phi) is 2.27. The van der Waals surface area contributed by atoms with Crippen LogP contribution in [-0.4, -0.2) is 16.2 Å². The predicted octanol–water partition coefficient (Wildman–Crippen LogP) is 2.21. The van der Waals surface area contributed by atoms with Crippen molar-refractivity contribution in [2.24, 2.45) is 0 Å². The Balaban J connectivity index is 2.12. The number of hydrogen-bond donors (Lipinski definition) is 1. The zero-order valence-corrected chi connectivity index (χ0v) is 9.56. The molecule has 0 unspecified atom stereocenters. The molecule has 0 amide bonds. The molecule has 18 heavy (non-hydrogen) atoms. The maximum atomic E-state index is 11.1. The number of hydrogen-bond acceptors (Lipinski definition) is 6. The number of rotatable bonds is 2. The van der Waals surface area contributed by atoms with Gasteiger partial charge >= 0.3 is 10.9 Å². The molecule has 0 saturated heterocycles. The maximum Gasteiger partial charge on any atom is 0.396 e. The molecule has 0 aliphatic carbocycles. The molecule has 6 nitrogen and oxygen atoms in total. The highest BCUT2D eigenvalue weighted by Crippen LogP contribution is 2.26. The first-order valence-corrected chi connectivity index (χ1v) is 5.69. The van der Waals surface area contributed by atoms with Crippen LogP contribution in [0.3, 0.4) is 0 Å². The van der Waals surface area contributed by atoms with Crippen LogP contribution < -0.4 is 4.94 Å². The van der Waals surface area contributed by atoms with Crippen molar-refractivity contribution in [1.29, 1.82) is 0 Å². The molecule has 3 rings (SSSR count). The molecule has 2 heterocycles. The smallest absolute Gasteiger partial charge is 0.396 e. The second-order valence-electron chi connectivity index (χ2n) is 3.50. The van der Waals surface area contributed by atoms with Crippen molar-refractivity contribution in [1.82, 2.24) is 5.16 Å². The van der Waals surface area contributed by atoms with Crippen LogP contribution in [0.25, 0.3) is 21.6 Å². The molecule has 0 fully saturated rings. The van der Waals surface area contributed by atoms with Crippen LogP contribution in [0.5, 0.6) is 0 Å². The first-order valence-electron chi connectivity index (χ1n) is 4.87. The van der Waals surface area contributed by atoms with E-state index in [4.69, 9.17) is 14.0 Å². The summed E-state index contributed by atoms with van der Waals surface area (Å²) in [6, 6.07) is 6.32. The number of carboxylic acid groups (broad SMARTS) is 1. The molecule has 0 spiro atoms. The molecule has 0 bridgehead atoms. The number of aromatic carboxylic acids is 1. The van der Waals surface area contributed by atoms with Crippen molar-refractivity contribution in [3.05, 3.63) is 39.7 Å². The fourth-order valence-corrected chi connectivity index (χ4v) is 2.25. The number of aromatic nitrogens is 1. The van der Waals surface area contributed by atoms with Crippen LogP contribution in [-0.2, 0) is 0 Å². The van der Waals surface area contributed by atoms with E-state index in [1.165, 1.54) is 6.07 Å². The van der Waals surface area contributed by atoms with Crippen LogP contribution in [0.4, 0.5) is 0 Å². The number of carboxylic acids is 1. The topological polar surface area (TPSA) is 93.5 Å². The average Bonchev–Trinajstić information content (AvgIpc) is 2.91. The van der Waals surface area contributed by atoms with E-state index in [1.54, 1.807) is 18.2 Å². The number of benzene rings is 1. The van der Waals surface area contributed by atoms with E-state index in [9.17, 15) is 9.59 Å². The molecule has 90 valence electrons. The third kappa shape index (κ3) is 1.70. The molecule has 0 atom stereocenters. The SMILES string of the molecule is O=C(O)c1cc(-c2ccc3oc(=O)sc3c2)on1. The minimum atomic E-state index is -1.15. The van der Waals surface area contributed by atoms with E-state index < -0.39 is 5.97 Å². The summed E-state index contributed by atoms with van der Waals surface area (Å²) in [6.45, 7) is 0. The molecule has 0 radical (unpaired) electrons. The highest BCUT2D eigenvalue weighted by Gasteiger charge is 2.13. The van der Waals surface area contributed by atoms with Gasteiger partial charge in [-0.1, -0.05) is 16.5 Å². The Morgan fingerprint density at radius 2 is 2.17 bits per heavy atom. The largest absolute Gasteiger partial charge is 0.476 e. The van der Waals surface area contributed by atoms with Crippen LogP contribution in [0.2, 0.25) is 0 Å². The van der Waals surface area contributed by atoms with Gasteiger partial charge in [-0.05, 0) is 18.2 Å².